The fourth-order valence-electron chi connectivity index (χ4n) is 3.78. The van der Waals surface area contributed by atoms with Crippen molar-refractivity contribution in [2.24, 2.45) is 11.1 Å². The molecule has 0 amide bonds. The molecule has 102 valence electrons. The number of hydrogen-bond acceptors (Lipinski definition) is 3. The summed E-state index contributed by atoms with van der Waals surface area (Å²) in [5, 5.41) is 0. The standard InChI is InChI=1S/C14H15F2NO2/c1-19-12(18)11(17)14-5-13(6-14,7-14)9-3-2-8(15)4-10(9)16/h2-4,11H,5-7,17H2,1H3. The van der Waals surface area contributed by atoms with Crippen molar-refractivity contribution in [1.82, 2.24) is 0 Å². The van der Waals surface area contributed by atoms with Gasteiger partial charge in [-0.3, -0.25) is 4.79 Å². The summed E-state index contributed by atoms with van der Waals surface area (Å²) in [6.07, 6.45) is 2.00. The number of methoxy groups -OCH3 is 1. The van der Waals surface area contributed by atoms with Crippen LogP contribution in [0.25, 0.3) is 0 Å². The van der Waals surface area contributed by atoms with Crippen molar-refractivity contribution in [1.29, 1.82) is 0 Å². The molecular weight excluding hydrogens is 252 g/mol. The molecule has 2 bridgehead atoms. The van der Waals surface area contributed by atoms with Crippen LogP contribution >= 0.6 is 0 Å². The molecule has 5 heteroatoms. The van der Waals surface area contributed by atoms with Gasteiger partial charge < -0.3 is 10.5 Å². The van der Waals surface area contributed by atoms with Crippen LogP contribution in [0.2, 0.25) is 0 Å². The number of benzene rings is 1. The molecule has 0 radical (unpaired) electrons. The normalized spacial score (nSPS) is 33.1. The number of esters is 1. The summed E-state index contributed by atoms with van der Waals surface area (Å²) in [4.78, 5) is 11.5. The number of rotatable bonds is 3. The van der Waals surface area contributed by atoms with Gasteiger partial charge in [-0.25, -0.2) is 8.78 Å². The van der Waals surface area contributed by atoms with Crippen molar-refractivity contribution in [2.45, 2.75) is 30.7 Å². The minimum Gasteiger partial charge on any atom is -0.468 e. The third-order valence-corrected chi connectivity index (χ3v) is 4.69. The second kappa shape index (κ2) is 3.76. The molecule has 0 aromatic heterocycles. The van der Waals surface area contributed by atoms with Crippen LogP contribution in [0.4, 0.5) is 8.78 Å². The first kappa shape index (κ1) is 12.5. The van der Waals surface area contributed by atoms with Crippen LogP contribution in [0.1, 0.15) is 24.8 Å². The summed E-state index contributed by atoms with van der Waals surface area (Å²) >= 11 is 0. The van der Waals surface area contributed by atoms with Crippen molar-refractivity contribution in [2.75, 3.05) is 7.11 Å². The molecule has 3 saturated carbocycles. The van der Waals surface area contributed by atoms with Crippen molar-refractivity contribution < 1.29 is 18.3 Å². The summed E-state index contributed by atoms with van der Waals surface area (Å²) < 4.78 is 31.3. The molecule has 0 saturated heterocycles. The van der Waals surface area contributed by atoms with Crippen LogP contribution in [0.5, 0.6) is 0 Å². The largest absolute Gasteiger partial charge is 0.468 e. The van der Waals surface area contributed by atoms with Gasteiger partial charge in [0.1, 0.15) is 17.7 Å². The lowest BCUT2D eigenvalue weighted by atomic mass is 9.31. The Morgan fingerprint density at radius 1 is 1.37 bits per heavy atom. The van der Waals surface area contributed by atoms with Gasteiger partial charge in [0.2, 0.25) is 0 Å². The molecule has 1 atom stereocenters. The Morgan fingerprint density at radius 2 is 2.00 bits per heavy atom. The molecule has 3 fully saturated rings. The summed E-state index contributed by atoms with van der Waals surface area (Å²) in [6, 6.07) is 3.02. The van der Waals surface area contributed by atoms with E-state index in [1.165, 1.54) is 19.2 Å². The van der Waals surface area contributed by atoms with E-state index in [4.69, 9.17) is 5.73 Å². The third kappa shape index (κ3) is 1.54. The van der Waals surface area contributed by atoms with Crippen molar-refractivity contribution in [3.8, 4) is 0 Å². The van der Waals surface area contributed by atoms with E-state index in [0.717, 1.165) is 6.07 Å². The van der Waals surface area contributed by atoms with E-state index in [0.29, 0.717) is 24.8 Å². The van der Waals surface area contributed by atoms with Gasteiger partial charge in [-0.15, -0.1) is 0 Å². The Balaban J connectivity index is 1.78. The Bertz CT molecular complexity index is 539. The predicted molar refractivity (Wildman–Crippen MR) is 64.3 cm³/mol. The molecule has 0 heterocycles. The second-order valence-electron chi connectivity index (χ2n) is 5.80. The zero-order valence-electron chi connectivity index (χ0n) is 10.6. The second-order valence-corrected chi connectivity index (χ2v) is 5.80. The van der Waals surface area contributed by atoms with Gasteiger partial charge in [0.25, 0.3) is 0 Å². The number of ether oxygens (including phenoxy) is 1. The molecule has 3 aliphatic carbocycles. The molecule has 19 heavy (non-hydrogen) atoms. The first-order valence-electron chi connectivity index (χ1n) is 6.21. The summed E-state index contributed by atoms with van der Waals surface area (Å²) in [5.74, 6) is -1.51. The van der Waals surface area contributed by atoms with E-state index in [1.807, 2.05) is 0 Å². The monoisotopic (exact) mass is 267 g/mol. The molecule has 3 aliphatic rings. The van der Waals surface area contributed by atoms with E-state index in [1.54, 1.807) is 0 Å². The van der Waals surface area contributed by atoms with Crippen LogP contribution in [-0.2, 0) is 14.9 Å². The molecule has 0 aliphatic heterocycles. The molecule has 1 aromatic carbocycles. The average molecular weight is 267 g/mol. The summed E-state index contributed by atoms with van der Waals surface area (Å²) in [5.41, 5.74) is 5.89. The Hall–Kier alpha value is -1.49. The molecule has 3 nitrogen and oxygen atoms in total. The number of halogens is 2. The number of carbonyl (C=O) groups excluding carboxylic acids is 1. The molecule has 1 unspecified atom stereocenters. The van der Waals surface area contributed by atoms with E-state index in [9.17, 15) is 13.6 Å². The predicted octanol–water partition coefficient (Wildman–Crippen LogP) is 1.89. The minimum atomic E-state index is -0.650. The smallest absolute Gasteiger partial charge is 0.323 e. The fourth-order valence-corrected chi connectivity index (χ4v) is 3.78. The van der Waals surface area contributed by atoms with E-state index >= 15 is 0 Å². The van der Waals surface area contributed by atoms with E-state index < -0.39 is 23.6 Å². The zero-order valence-corrected chi connectivity index (χ0v) is 10.6. The van der Waals surface area contributed by atoms with Gasteiger partial charge >= 0.3 is 5.97 Å². The van der Waals surface area contributed by atoms with Crippen molar-refractivity contribution in [3.05, 3.63) is 35.4 Å². The van der Waals surface area contributed by atoms with E-state index in [-0.39, 0.29) is 10.8 Å². The average Bonchev–Trinajstić information content (AvgIpc) is 2.27. The van der Waals surface area contributed by atoms with Crippen molar-refractivity contribution >= 4 is 5.97 Å². The molecule has 2 N–H and O–H groups in total. The topological polar surface area (TPSA) is 52.3 Å². The van der Waals surface area contributed by atoms with E-state index in [2.05, 4.69) is 4.74 Å². The lowest BCUT2D eigenvalue weighted by Gasteiger charge is -2.72. The first-order chi connectivity index (χ1) is 8.92. The Morgan fingerprint density at radius 3 is 2.53 bits per heavy atom. The van der Waals surface area contributed by atoms with Gasteiger partial charge in [0.15, 0.2) is 0 Å². The summed E-state index contributed by atoms with van der Waals surface area (Å²) in [7, 11) is 1.31. The molecule has 0 spiro atoms. The van der Waals surface area contributed by atoms with Gasteiger partial charge in [-0.2, -0.15) is 0 Å². The van der Waals surface area contributed by atoms with Gasteiger partial charge in [-0.1, -0.05) is 6.07 Å². The molecular formula is C14H15F2NO2. The van der Waals surface area contributed by atoms with Crippen LogP contribution in [0, 0.1) is 17.0 Å². The zero-order chi connectivity index (χ0) is 13.8. The number of carbonyl (C=O) groups is 1. The molecule has 4 rings (SSSR count). The minimum absolute atomic E-state index is 0.256. The van der Waals surface area contributed by atoms with Gasteiger partial charge in [0.05, 0.1) is 7.11 Å². The van der Waals surface area contributed by atoms with Gasteiger partial charge in [-0.05, 0) is 36.3 Å². The summed E-state index contributed by atoms with van der Waals surface area (Å²) in [6.45, 7) is 0. The molecule has 1 aromatic rings. The fraction of sp³-hybridized carbons (Fsp3) is 0.500. The van der Waals surface area contributed by atoms with Crippen molar-refractivity contribution in [3.63, 3.8) is 0 Å². The maximum Gasteiger partial charge on any atom is 0.323 e. The maximum atomic E-state index is 13.8. The Labute approximate surface area is 109 Å². The SMILES string of the molecule is COC(=O)C(N)C12CC(c3ccc(F)cc3F)(C1)C2. The lowest BCUT2D eigenvalue weighted by Crippen LogP contribution is -2.72. The maximum absolute atomic E-state index is 13.8. The van der Waals surface area contributed by atoms with Crippen LogP contribution in [0.3, 0.4) is 0 Å². The number of nitrogens with two attached hydrogens (primary N) is 1. The van der Waals surface area contributed by atoms with Crippen LogP contribution in [0.15, 0.2) is 18.2 Å². The highest BCUT2D eigenvalue weighted by atomic mass is 19.1. The third-order valence-electron chi connectivity index (χ3n) is 4.69. The number of hydrogen-bond donors (Lipinski definition) is 1. The Kier molecular flexibility index (Phi) is 2.48. The highest BCUT2D eigenvalue weighted by Gasteiger charge is 2.72. The lowest BCUT2D eigenvalue weighted by molar-refractivity contribution is -0.181. The van der Waals surface area contributed by atoms with Gasteiger partial charge in [0, 0.05) is 11.5 Å². The van der Waals surface area contributed by atoms with Crippen LogP contribution in [-0.4, -0.2) is 19.1 Å². The first-order valence-corrected chi connectivity index (χ1v) is 6.21. The highest BCUT2D eigenvalue weighted by Crippen LogP contribution is 2.74. The highest BCUT2D eigenvalue weighted by molar-refractivity contribution is 5.77. The quantitative estimate of drug-likeness (QED) is 0.851. The van der Waals surface area contributed by atoms with Crippen LogP contribution < -0.4 is 5.73 Å².